The van der Waals surface area contributed by atoms with Gasteiger partial charge >= 0.3 is 0 Å². The molecule has 31 heavy (non-hydrogen) atoms. The lowest BCUT2D eigenvalue weighted by atomic mass is 9.98. The number of aryl methyl sites for hydroxylation is 1. The third-order valence-electron chi connectivity index (χ3n) is 5.36. The van der Waals surface area contributed by atoms with E-state index >= 15 is 0 Å². The Morgan fingerprint density at radius 1 is 1.23 bits per heavy atom. The lowest BCUT2D eigenvalue weighted by Gasteiger charge is -2.32. The average Bonchev–Trinajstić information content (AvgIpc) is 2.74. The van der Waals surface area contributed by atoms with Gasteiger partial charge in [0.2, 0.25) is 15.9 Å². The number of rotatable bonds is 8. The Labute approximate surface area is 187 Å². The second-order valence-electron chi connectivity index (χ2n) is 7.90. The van der Waals surface area contributed by atoms with Crippen LogP contribution in [0.25, 0.3) is 0 Å². The van der Waals surface area contributed by atoms with Crippen LogP contribution in [0, 0.1) is 18.7 Å². The molecule has 1 saturated heterocycles. The fraction of sp³-hybridized carbons (Fsp3) is 0.409. The first-order valence-electron chi connectivity index (χ1n) is 10.3. The zero-order chi connectivity index (χ0) is 22.4. The van der Waals surface area contributed by atoms with Crippen molar-refractivity contribution >= 4 is 33.2 Å². The third kappa shape index (κ3) is 7.00. The number of nitrogens with zero attached hydrogens (tertiary/aromatic N) is 1. The van der Waals surface area contributed by atoms with Crippen LogP contribution in [-0.2, 0) is 14.8 Å². The van der Waals surface area contributed by atoms with Gasteiger partial charge in [-0.15, -0.1) is 0 Å². The van der Waals surface area contributed by atoms with Crippen molar-refractivity contribution in [3.05, 3.63) is 58.9 Å². The van der Waals surface area contributed by atoms with Crippen molar-refractivity contribution in [2.24, 2.45) is 5.92 Å². The number of hydrogen-bond donors (Lipinski definition) is 2. The molecule has 1 atom stereocenters. The van der Waals surface area contributed by atoms with E-state index in [4.69, 9.17) is 11.6 Å². The largest absolute Gasteiger partial charge is 0.324 e. The number of sulfonamides is 1. The van der Waals surface area contributed by atoms with Crippen molar-refractivity contribution in [3.8, 4) is 0 Å². The van der Waals surface area contributed by atoms with Gasteiger partial charge in [-0.05, 0) is 62.6 Å². The molecule has 0 aromatic heterocycles. The summed E-state index contributed by atoms with van der Waals surface area (Å²) in [4.78, 5) is 14.6. The standard InChI is InChI=1S/C22H27ClFN3O3S/c1-16-4-7-19(8-5-16)31(29,30)25-14-17-3-2-11-27(15-17)12-10-22(28)26-21-9-6-18(23)13-20(21)24/h4-9,13,17,25H,2-3,10-12,14-15H2,1H3,(H,26,28). The van der Waals surface area contributed by atoms with Gasteiger partial charge in [0.25, 0.3) is 0 Å². The minimum Gasteiger partial charge on any atom is -0.324 e. The summed E-state index contributed by atoms with van der Waals surface area (Å²) in [6.07, 6.45) is 2.09. The van der Waals surface area contributed by atoms with E-state index in [0.717, 1.165) is 31.0 Å². The van der Waals surface area contributed by atoms with Gasteiger partial charge < -0.3 is 10.2 Å². The number of benzene rings is 2. The molecule has 1 amide bonds. The normalized spacial score (nSPS) is 17.5. The summed E-state index contributed by atoms with van der Waals surface area (Å²) in [5.41, 5.74) is 1.11. The number of halogens is 2. The number of carbonyl (C=O) groups excluding carboxylic acids is 1. The first-order valence-corrected chi connectivity index (χ1v) is 12.1. The zero-order valence-electron chi connectivity index (χ0n) is 17.4. The predicted octanol–water partition coefficient (Wildman–Crippen LogP) is 3.81. The second kappa shape index (κ2) is 10.5. The number of piperidine rings is 1. The Morgan fingerprint density at radius 3 is 2.68 bits per heavy atom. The summed E-state index contributed by atoms with van der Waals surface area (Å²) in [7, 11) is -3.54. The molecule has 9 heteroatoms. The molecule has 2 N–H and O–H groups in total. The summed E-state index contributed by atoms with van der Waals surface area (Å²) in [5.74, 6) is -0.672. The fourth-order valence-electron chi connectivity index (χ4n) is 3.61. The Hall–Kier alpha value is -2.00. The van der Waals surface area contributed by atoms with Crippen LogP contribution in [0.5, 0.6) is 0 Å². The van der Waals surface area contributed by atoms with E-state index in [1.165, 1.54) is 12.1 Å². The first-order chi connectivity index (χ1) is 14.7. The molecule has 1 aliphatic heterocycles. The third-order valence-corrected chi connectivity index (χ3v) is 7.03. The summed E-state index contributed by atoms with van der Waals surface area (Å²) in [6.45, 7) is 4.35. The first kappa shape index (κ1) is 23.7. The van der Waals surface area contributed by atoms with Crippen molar-refractivity contribution in [3.63, 3.8) is 0 Å². The molecule has 1 unspecified atom stereocenters. The van der Waals surface area contributed by atoms with Gasteiger partial charge in [-0.3, -0.25) is 4.79 Å². The SMILES string of the molecule is Cc1ccc(S(=O)(=O)NCC2CCCN(CCC(=O)Nc3ccc(Cl)cc3F)C2)cc1. The van der Waals surface area contributed by atoms with Crippen LogP contribution in [0.15, 0.2) is 47.4 Å². The van der Waals surface area contributed by atoms with E-state index in [-0.39, 0.29) is 33.9 Å². The van der Waals surface area contributed by atoms with Gasteiger partial charge in [-0.25, -0.2) is 17.5 Å². The highest BCUT2D eigenvalue weighted by atomic mass is 35.5. The van der Waals surface area contributed by atoms with E-state index in [0.29, 0.717) is 19.6 Å². The van der Waals surface area contributed by atoms with Gasteiger partial charge in [0.15, 0.2) is 0 Å². The number of hydrogen-bond acceptors (Lipinski definition) is 4. The van der Waals surface area contributed by atoms with E-state index < -0.39 is 15.8 Å². The van der Waals surface area contributed by atoms with Crippen LogP contribution in [0.3, 0.4) is 0 Å². The molecule has 0 saturated carbocycles. The smallest absolute Gasteiger partial charge is 0.240 e. The number of amides is 1. The van der Waals surface area contributed by atoms with Crippen molar-refractivity contribution in [2.75, 3.05) is 31.5 Å². The second-order valence-corrected chi connectivity index (χ2v) is 10.1. The molecule has 0 radical (unpaired) electrons. The predicted molar refractivity (Wildman–Crippen MR) is 120 cm³/mol. The van der Waals surface area contributed by atoms with Crippen molar-refractivity contribution in [1.29, 1.82) is 0 Å². The molecule has 2 aromatic rings. The molecule has 0 spiro atoms. The zero-order valence-corrected chi connectivity index (χ0v) is 19.0. The Kier molecular flexibility index (Phi) is 8.05. The summed E-state index contributed by atoms with van der Waals surface area (Å²) in [5, 5.41) is 2.84. The minimum absolute atomic E-state index is 0.108. The molecular weight excluding hydrogens is 441 g/mol. The van der Waals surface area contributed by atoms with E-state index in [1.54, 1.807) is 24.3 Å². The molecular formula is C22H27ClFN3O3S. The van der Waals surface area contributed by atoms with Gasteiger partial charge in [-0.1, -0.05) is 29.3 Å². The highest BCUT2D eigenvalue weighted by Crippen LogP contribution is 2.20. The van der Waals surface area contributed by atoms with Crippen molar-refractivity contribution in [1.82, 2.24) is 9.62 Å². The Morgan fingerprint density at radius 2 is 1.97 bits per heavy atom. The highest BCUT2D eigenvalue weighted by Gasteiger charge is 2.23. The maximum absolute atomic E-state index is 13.8. The summed E-state index contributed by atoms with van der Waals surface area (Å²) in [6, 6.07) is 10.9. The number of nitrogens with one attached hydrogen (secondary N) is 2. The monoisotopic (exact) mass is 467 g/mol. The van der Waals surface area contributed by atoms with E-state index in [2.05, 4.69) is 14.9 Å². The van der Waals surface area contributed by atoms with Gasteiger partial charge in [0, 0.05) is 31.1 Å². The number of carbonyl (C=O) groups is 1. The molecule has 3 rings (SSSR count). The molecule has 1 heterocycles. The minimum atomic E-state index is -3.54. The van der Waals surface area contributed by atoms with E-state index in [9.17, 15) is 17.6 Å². The molecule has 1 aliphatic rings. The fourth-order valence-corrected chi connectivity index (χ4v) is 4.89. The molecule has 1 fully saturated rings. The topological polar surface area (TPSA) is 78.5 Å². The lowest BCUT2D eigenvalue weighted by molar-refractivity contribution is -0.116. The van der Waals surface area contributed by atoms with Crippen molar-refractivity contribution < 1.29 is 17.6 Å². The van der Waals surface area contributed by atoms with Gasteiger partial charge in [-0.2, -0.15) is 0 Å². The number of anilines is 1. The van der Waals surface area contributed by atoms with Crippen LogP contribution < -0.4 is 10.0 Å². The van der Waals surface area contributed by atoms with Crippen LogP contribution >= 0.6 is 11.6 Å². The van der Waals surface area contributed by atoms with E-state index in [1.807, 2.05) is 6.92 Å². The average molecular weight is 468 g/mol. The molecule has 6 nitrogen and oxygen atoms in total. The van der Waals surface area contributed by atoms with Crippen LogP contribution in [0.2, 0.25) is 5.02 Å². The summed E-state index contributed by atoms with van der Waals surface area (Å²) < 4.78 is 41.5. The lowest BCUT2D eigenvalue weighted by Crippen LogP contribution is -2.41. The maximum Gasteiger partial charge on any atom is 0.240 e. The number of likely N-dealkylation sites (tertiary alicyclic amines) is 1. The molecule has 168 valence electrons. The van der Waals surface area contributed by atoms with Gasteiger partial charge in [0.1, 0.15) is 5.82 Å². The molecule has 0 aliphatic carbocycles. The molecule has 0 bridgehead atoms. The Balaban J connectivity index is 1.45. The summed E-state index contributed by atoms with van der Waals surface area (Å²) >= 11 is 5.72. The highest BCUT2D eigenvalue weighted by molar-refractivity contribution is 7.89. The Bertz CT molecular complexity index is 1020. The maximum atomic E-state index is 13.8. The molecule has 2 aromatic carbocycles. The van der Waals surface area contributed by atoms with Crippen LogP contribution in [0.4, 0.5) is 10.1 Å². The van der Waals surface area contributed by atoms with Crippen LogP contribution in [-0.4, -0.2) is 45.4 Å². The quantitative estimate of drug-likeness (QED) is 0.618. The van der Waals surface area contributed by atoms with Crippen LogP contribution in [0.1, 0.15) is 24.8 Å². The van der Waals surface area contributed by atoms with Crippen molar-refractivity contribution in [2.45, 2.75) is 31.1 Å². The van der Waals surface area contributed by atoms with Gasteiger partial charge in [0.05, 0.1) is 10.6 Å².